The number of halogens is 2. The molecule has 0 nitrogen and oxygen atoms in total. The molecule has 1 atom stereocenters. The third-order valence-electron chi connectivity index (χ3n) is 3.99. The van der Waals surface area contributed by atoms with Crippen molar-refractivity contribution in [3.05, 3.63) is 70.3 Å². The molecule has 1 aliphatic rings. The third kappa shape index (κ3) is 2.40. The van der Waals surface area contributed by atoms with Crippen LogP contribution in [-0.2, 0) is 12.8 Å². The summed E-state index contributed by atoms with van der Waals surface area (Å²) >= 11 is 0. The molecule has 0 amide bonds. The van der Waals surface area contributed by atoms with Gasteiger partial charge in [-0.25, -0.2) is 8.78 Å². The summed E-state index contributed by atoms with van der Waals surface area (Å²) < 4.78 is 27.3. The molecule has 0 aromatic heterocycles. The van der Waals surface area contributed by atoms with Gasteiger partial charge in [-0.1, -0.05) is 18.2 Å². The Balaban J connectivity index is 1.93. The minimum Gasteiger partial charge on any atom is -0.207 e. The van der Waals surface area contributed by atoms with Gasteiger partial charge in [-0.15, -0.1) is 0 Å². The van der Waals surface area contributed by atoms with Gasteiger partial charge in [0.2, 0.25) is 0 Å². The van der Waals surface area contributed by atoms with Crippen LogP contribution in [0.3, 0.4) is 0 Å². The van der Waals surface area contributed by atoms with E-state index in [-0.39, 0.29) is 17.6 Å². The summed E-state index contributed by atoms with van der Waals surface area (Å²) in [6, 6.07) is 10.3. The van der Waals surface area contributed by atoms with E-state index in [4.69, 9.17) is 0 Å². The molecule has 2 aromatic carbocycles. The first-order valence-electron chi connectivity index (χ1n) is 6.67. The molecule has 1 aliphatic carbocycles. The normalized spacial score (nSPS) is 18.2. The zero-order valence-electron chi connectivity index (χ0n) is 10.9. The highest BCUT2D eigenvalue weighted by Gasteiger charge is 2.22. The van der Waals surface area contributed by atoms with Crippen molar-refractivity contribution in [1.29, 1.82) is 0 Å². The van der Waals surface area contributed by atoms with Crippen molar-refractivity contribution in [2.24, 2.45) is 0 Å². The van der Waals surface area contributed by atoms with Crippen LogP contribution in [-0.4, -0.2) is 0 Å². The second-order valence-electron chi connectivity index (χ2n) is 5.38. The first kappa shape index (κ1) is 12.3. The van der Waals surface area contributed by atoms with Crippen molar-refractivity contribution in [3.63, 3.8) is 0 Å². The highest BCUT2D eigenvalue weighted by molar-refractivity contribution is 5.35. The van der Waals surface area contributed by atoms with Crippen molar-refractivity contribution < 1.29 is 8.78 Å². The van der Waals surface area contributed by atoms with Crippen LogP contribution in [0, 0.1) is 18.6 Å². The number of benzene rings is 2. The smallest absolute Gasteiger partial charge is 0.126 e. The van der Waals surface area contributed by atoms with Gasteiger partial charge in [0, 0.05) is 0 Å². The molecule has 0 N–H and O–H groups in total. The van der Waals surface area contributed by atoms with E-state index in [1.54, 1.807) is 12.1 Å². The topological polar surface area (TPSA) is 0 Å². The van der Waals surface area contributed by atoms with Gasteiger partial charge in [-0.3, -0.25) is 0 Å². The molecule has 2 heteroatoms. The number of hydrogen-bond acceptors (Lipinski definition) is 0. The van der Waals surface area contributed by atoms with E-state index in [1.807, 2.05) is 25.1 Å². The maximum atomic E-state index is 14.0. The fourth-order valence-corrected chi connectivity index (χ4v) is 2.95. The Morgan fingerprint density at radius 2 is 1.84 bits per heavy atom. The standard InChI is InChI=1S/C17H16F2/c1-11-2-7-16(17(19)8-11)13-4-3-12-5-6-15(18)10-14(12)9-13/h2,5-8,10,13H,3-4,9H2,1H3. The average Bonchev–Trinajstić information content (AvgIpc) is 2.38. The van der Waals surface area contributed by atoms with Crippen LogP contribution in [0.1, 0.15) is 34.6 Å². The Labute approximate surface area is 112 Å². The summed E-state index contributed by atoms with van der Waals surface area (Å²) in [7, 11) is 0. The predicted molar refractivity (Wildman–Crippen MR) is 72.3 cm³/mol. The molecule has 98 valence electrons. The summed E-state index contributed by atoms with van der Waals surface area (Å²) in [4.78, 5) is 0. The molecule has 3 rings (SSSR count). The maximum Gasteiger partial charge on any atom is 0.126 e. The van der Waals surface area contributed by atoms with Gasteiger partial charge in [-0.2, -0.15) is 0 Å². The SMILES string of the molecule is Cc1ccc(C2CCc3ccc(F)cc3C2)c(F)c1. The lowest BCUT2D eigenvalue weighted by Crippen LogP contribution is -2.14. The molecule has 0 spiro atoms. The molecule has 19 heavy (non-hydrogen) atoms. The number of fused-ring (bicyclic) bond motifs is 1. The van der Waals surface area contributed by atoms with E-state index in [0.29, 0.717) is 0 Å². The lowest BCUT2D eigenvalue weighted by Gasteiger charge is -2.25. The monoisotopic (exact) mass is 258 g/mol. The zero-order valence-corrected chi connectivity index (χ0v) is 10.9. The maximum absolute atomic E-state index is 14.0. The molecule has 0 aliphatic heterocycles. The van der Waals surface area contributed by atoms with Gasteiger partial charge in [0.15, 0.2) is 0 Å². The molecule has 0 heterocycles. The van der Waals surface area contributed by atoms with Crippen molar-refractivity contribution in [2.75, 3.05) is 0 Å². The minimum atomic E-state index is -0.205. The largest absolute Gasteiger partial charge is 0.207 e. The van der Waals surface area contributed by atoms with Gasteiger partial charge in [0.25, 0.3) is 0 Å². The quantitative estimate of drug-likeness (QED) is 0.704. The molecular weight excluding hydrogens is 242 g/mol. The van der Waals surface area contributed by atoms with Crippen LogP contribution < -0.4 is 0 Å². The van der Waals surface area contributed by atoms with E-state index in [2.05, 4.69) is 0 Å². The second kappa shape index (κ2) is 4.76. The molecule has 0 radical (unpaired) electrons. The van der Waals surface area contributed by atoms with Gasteiger partial charge in [0.05, 0.1) is 0 Å². The van der Waals surface area contributed by atoms with Gasteiger partial charge in [-0.05, 0) is 72.6 Å². The Hall–Kier alpha value is -1.70. The van der Waals surface area contributed by atoms with Crippen LogP contribution in [0.25, 0.3) is 0 Å². The Kier molecular flexibility index (Phi) is 3.09. The van der Waals surface area contributed by atoms with Gasteiger partial charge >= 0.3 is 0 Å². The summed E-state index contributed by atoms with van der Waals surface area (Å²) in [5.41, 5.74) is 3.92. The van der Waals surface area contributed by atoms with Crippen LogP contribution in [0.4, 0.5) is 8.78 Å². The van der Waals surface area contributed by atoms with Crippen molar-refractivity contribution in [2.45, 2.75) is 32.1 Å². The summed E-state index contributed by atoms with van der Waals surface area (Å²) in [6.07, 6.45) is 2.55. The second-order valence-corrected chi connectivity index (χ2v) is 5.38. The van der Waals surface area contributed by atoms with Crippen LogP contribution in [0.2, 0.25) is 0 Å². The van der Waals surface area contributed by atoms with E-state index in [9.17, 15) is 8.78 Å². The van der Waals surface area contributed by atoms with Gasteiger partial charge in [0.1, 0.15) is 11.6 Å². The molecule has 0 fully saturated rings. The molecule has 0 saturated carbocycles. The number of hydrogen-bond donors (Lipinski definition) is 0. The number of aryl methyl sites for hydroxylation is 2. The van der Waals surface area contributed by atoms with Gasteiger partial charge < -0.3 is 0 Å². The van der Waals surface area contributed by atoms with E-state index < -0.39 is 0 Å². The minimum absolute atomic E-state index is 0.134. The van der Waals surface area contributed by atoms with E-state index in [1.165, 1.54) is 11.6 Å². The lowest BCUT2D eigenvalue weighted by atomic mass is 9.80. The van der Waals surface area contributed by atoms with Crippen molar-refractivity contribution in [3.8, 4) is 0 Å². The van der Waals surface area contributed by atoms with E-state index >= 15 is 0 Å². The first-order chi connectivity index (χ1) is 9.13. The zero-order chi connectivity index (χ0) is 13.4. The Bertz CT molecular complexity index is 617. The molecule has 1 unspecified atom stereocenters. The van der Waals surface area contributed by atoms with E-state index in [0.717, 1.165) is 36.0 Å². The fourth-order valence-electron chi connectivity index (χ4n) is 2.95. The van der Waals surface area contributed by atoms with Crippen molar-refractivity contribution in [1.82, 2.24) is 0 Å². The highest BCUT2D eigenvalue weighted by Crippen LogP contribution is 2.34. The lowest BCUT2D eigenvalue weighted by molar-refractivity contribution is 0.530. The highest BCUT2D eigenvalue weighted by atomic mass is 19.1. The average molecular weight is 258 g/mol. The number of rotatable bonds is 1. The van der Waals surface area contributed by atoms with Crippen LogP contribution in [0.15, 0.2) is 36.4 Å². The molecule has 2 aromatic rings. The Morgan fingerprint density at radius 1 is 1.00 bits per heavy atom. The molecule has 0 bridgehead atoms. The predicted octanol–water partition coefficient (Wildman–Crippen LogP) is 4.55. The summed E-state index contributed by atoms with van der Waals surface area (Å²) in [6.45, 7) is 1.89. The molecule has 0 saturated heterocycles. The Morgan fingerprint density at radius 3 is 2.63 bits per heavy atom. The van der Waals surface area contributed by atoms with Crippen LogP contribution in [0.5, 0.6) is 0 Å². The first-order valence-corrected chi connectivity index (χ1v) is 6.67. The molecular formula is C17H16F2. The van der Waals surface area contributed by atoms with Crippen molar-refractivity contribution >= 4 is 0 Å². The summed E-state index contributed by atoms with van der Waals surface area (Å²) in [5.74, 6) is -0.177. The summed E-state index contributed by atoms with van der Waals surface area (Å²) in [5, 5.41) is 0. The fraction of sp³-hybridized carbons (Fsp3) is 0.294. The third-order valence-corrected chi connectivity index (χ3v) is 3.99. The van der Waals surface area contributed by atoms with Crippen LogP contribution >= 0.6 is 0 Å².